The van der Waals surface area contributed by atoms with Crippen molar-refractivity contribution in [3.8, 4) is 34.0 Å². The number of phenols is 1. The number of anilines is 3. The lowest BCUT2D eigenvalue weighted by Crippen LogP contribution is -2.19. The van der Waals surface area contributed by atoms with Crippen LogP contribution in [-0.4, -0.2) is 61.7 Å². The van der Waals surface area contributed by atoms with Crippen molar-refractivity contribution in [2.75, 3.05) is 36.9 Å². The predicted octanol–water partition coefficient (Wildman–Crippen LogP) is 3.43. The average molecular weight is 492 g/mol. The number of nitrogens with zero attached hydrogens (tertiary/aromatic N) is 4. The van der Waals surface area contributed by atoms with Crippen LogP contribution in [0, 0.1) is 6.92 Å². The van der Waals surface area contributed by atoms with Gasteiger partial charge in [-0.25, -0.2) is 9.97 Å². The van der Waals surface area contributed by atoms with Crippen molar-refractivity contribution in [2.24, 2.45) is 0 Å². The van der Waals surface area contributed by atoms with E-state index in [0.29, 0.717) is 29.2 Å². The quantitative estimate of drug-likeness (QED) is 0.161. The monoisotopic (exact) mass is 491 g/mol. The van der Waals surface area contributed by atoms with Gasteiger partial charge in [0.25, 0.3) is 0 Å². The van der Waals surface area contributed by atoms with E-state index in [4.69, 9.17) is 9.63 Å². The van der Waals surface area contributed by atoms with Crippen molar-refractivity contribution < 1.29 is 19.8 Å². The number of phenolic OH excluding ortho intramolecular Hbond substituents is 1. The van der Waals surface area contributed by atoms with Gasteiger partial charge in [-0.15, -0.1) is 0 Å². The molecule has 0 radical (unpaired) electrons. The van der Waals surface area contributed by atoms with E-state index in [2.05, 4.69) is 36.1 Å². The number of hydrogen-bond donors (Lipinski definition) is 6. The smallest absolute Gasteiger partial charge is 0.227 e. The van der Waals surface area contributed by atoms with E-state index in [1.54, 1.807) is 43.6 Å². The number of aliphatic hydroxyl groups is 1. The molecule has 0 aliphatic heterocycles. The van der Waals surface area contributed by atoms with Crippen LogP contribution in [0.4, 0.5) is 17.3 Å². The minimum absolute atomic E-state index is 0.0809. The van der Waals surface area contributed by atoms with Crippen LogP contribution >= 0.6 is 0 Å². The zero-order valence-electron chi connectivity index (χ0n) is 19.9. The molecule has 0 spiro atoms. The third-order valence-electron chi connectivity index (χ3n) is 5.37. The predicted molar refractivity (Wildman–Crippen MR) is 136 cm³/mol. The van der Waals surface area contributed by atoms with Crippen molar-refractivity contribution in [2.45, 2.75) is 19.8 Å². The normalized spacial score (nSPS) is 10.9. The second-order valence-electron chi connectivity index (χ2n) is 8.13. The van der Waals surface area contributed by atoms with Gasteiger partial charge in [0.05, 0.1) is 11.8 Å². The van der Waals surface area contributed by atoms with Crippen molar-refractivity contribution >= 4 is 17.3 Å². The highest BCUT2D eigenvalue weighted by molar-refractivity contribution is 5.83. The van der Waals surface area contributed by atoms with Crippen LogP contribution in [0.3, 0.4) is 0 Å². The largest absolute Gasteiger partial charge is 0.508 e. The van der Waals surface area contributed by atoms with Crippen LogP contribution in [-0.2, 0) is 0 Å². The highest BCUT2D eigenvalue weighted by Crippen LogP contribution is 2.37. The lowest BCUT2D eigenvalue weighted by molar-refractivity contribution is 0.286. The van der Waals surface area contributed by atoms with E-state index >= 15 is 0 Å². The van der Waals surface area contributed by atoms with Crippen LogP contribution in [0.25, 0.3) is 22.5 Å². The van der Waals surface area contributed by atoms with Gasteiger partial charge in [-0.3, -0.25) is 4.98 Å². The molecule has 0 fully saturated rings. The Hall–Kier alpha value is -4.22. The van der Waals surface area contributed by atoms with Crippen molar-refractivity contribution in [3.05, 3.63) is 54.7 Å². The van der Waals surface area contributed by atoms with Crippen molar-refractivity contribution in [3.63, 3.8) is 0 Å². The molecule has 11 nitrogen and oxygen atoms in total. The van der Waals surface area contributed by atoms with Crippen LogP contribution in [0.1, 0.15) is 18.6 Å². The minimum Gasteiger partial charge on any atom is -0.508 e. The SMILES string of the molecule is Cc1onc(-c2ccncc2)c1-c1nc(Nc2cc(O)cc(NCCCNCCCO)c2)ncc1O. The van der Waals surface area contributed by atoms with Gasteiger partial charge < -0.3 is 35.8 Å². The Balaban J connectivity index is 1.50. The molecule has 0 atom stereocenters. The topological polar surface area (TPSA) is 161 Å². The fraction of sp³-hybridized carbons (Fsp3) is 0.280. The molecule has 0 saturated carbocycles. The lowest BCUT2D eigenvalue weighted by Gasteiger charge is -2.12. The minimum atomic E-state index is -0.118. The van der Waals surface area contributed by atoms with E-state index in [-0.39, 0.29) is 29.7 Å². The summed E-state index contributed by atoms with van der Waals surface area (Å²) in [6.45, 7) is 4.24. The summed E-state index contributed by atoms with van der Waals surface area (Å²) in [7, 11) is 0. The molecule has 0 amide bonds. The Morgan fingerprint density at radius 3 is 2.53 bits per heavy atom. The van der Waals surface area contributed by atoms with Gasteiger partial charge in [0, 0.05) is 54.6 Å². The average Bonchev–Trinajstić information content (AvgIpc) is 3.26. The first-order valence-electron chi connectivity index (χ1n) is 11.6. The number of nitrogens with one attached hydrogen (secondary N) is 3. The van der Waals surface area contributed by atoms with Gasteiger partial charge in [-0.2, -0.15) is 0 Å². The molecule has 0 aliphatic rings. The Morgan fingerprint density at radius 2 is 1.72 bits per heavy atom. The number of benzene rings is 1. The fourth-order valence-corrected chi connectivity index (χ4v) is 3.67. The van der Waals surface area contributed by atoms with E-state index in [9.17, 15) is 10.2 Å². The Kier molecular flexibility index (Phi) is 8.27. The summed E-state index contributed by atoms with van der Waals surface area (Å²) in [5.74, 6) is 0.690. The molecule has 0 saturated heterocycles. The Morgan fingerprint density at radius 1 is 0.944 bits per heavy atom. The summed E-state index contributed by atoms with van der Waals surface area (Å²) in [5, 5.41) is 43.3. The van der Waals surface area contributed by atoms with Crippen LogP contribution < -0.4 is 16.0 Å². The number of rotatable bonds is 12. The summed E-state index contributed by atoms with van der Waals surface area (Å²) < 4.78 is 5.40. The number of aromatic hydroxyl groups is 2. The molecule has 0 aliphatic carbocycles. The van der Waals surface area contributed by atoms with Crippen molar-refractivity contribution in [1.82, 2.24) is 25.4 Å². The molecule has 11 heteroatoms. The fourth-order valence-electron chi connectivity index (χ4n) is 3.67. The summed E-state index contributed by atoms with van der Waals surface area (Å²) in [6, 6.07) is 8.62. The maximum atomic E-state index is 10.5. The highest BCUT2D eigenvalue weighted by atomic mass is 16.5. The lowest BCUT2D eigenvalue weighted by atomic mass is 10.0. The van der Waals surface area contributed by atoms with Gasteiger partial charge in [0.15, 0.2) is 5.75 Å². The third kappa shape index (κ3) is 6.26. The van der Waals surface area contributed by atoms with E-state index < -0.39 is 0 Å². The first-order valence-corrected chi connectivity index (χ1v) is 11.6. The molecule has 36 heavy (non-hydrogen) atoms. The third-order valence-corrected chi connectivity index (χ3v) is 5.37. The van der Waals surface area contributed by atoms with Gasteiger partial charge >= 0.3 is 0 Å². The molecule has 188 valence electrons. The zero-order valence-corrected chi connectivity index (χ0v) is 19.9. The van der Waals surface area contributed by atoms with Crippen LogP contribution in [0.15, 0.2) is 53.4 Å². The van der Waals surface area contributed by atoms with Gasteiger partial charge in [-0.1, -0.05) is 5.16 Å². The Labute approximate surface area is 208 Å². The summed E-state index contributed by atoms with van der Waals surface area (Å²) in [4.78, 5) is 12.7. The zero-order chi connectivity index (χ0) is 25.3. The molecule has 3 aromatic heterocycles. The maximum Gasteiger partial charge on any atom is 0.227 e. The highest BCUT2D eigenvalue weighted by Gasteiger charge is 2.21. The number of aromatic nitrogens is 4. The number of pyridine rings is 1. The molecule has 1 aromatic carbocycles. The van der Waals surface area contributed by atoms with E-state index in [0.717, 1.165) is 37.2 Å². The first-order chi connectivity index (χ1) is 17.5. The van der Waals surface area contributed by atoms with Crippen LogP contribution in [0.2, 0.25) is 0 Å². The summed E-state index contributed by atoms with van der Waals surface area (Å²) in [6.07, 6.45) is 6.22. The summed E-state index contributed by atoms with van der Waals surface area (Å²) >= 11 is 0. The van der Waals surface area contributed by atoms with Gasteiger partial charge in [0.2, 0.25) is 5.95 Å². The number of aryl methyl sites for hydroxylation is 1. The Bertz CT molecular complexity index is 1280. The second kappa shape index (κ2) is 12.0. The van der Waals surface area contributed by atoms with E-state index in [1.165, 1.54) is 6.20 Å². The molecule has 4 aromatic rings. The van der Waals surface area contributed by atoms with Gasteiger partial charge in [0.1, 0.15) is 22.9 Å². The standard InChI is InChI=1S/C25H29N7O4/c1-16-22(23(32-36-16)17-4-9-27-10-5-17)24-21(35)15-29-25(31-24)30-19-12-18(13-20(34)14-19)28-8-2-6-26-7-3-11-33/h4-5,9-10,12-15,26,28,33-35H,2-3,6-8,11H2,1H3,(H,29,30,31). The van der Waals surface area contributed by atoms with E-state index in [1.807, 2.05) is 6.07 Å². The molecule has 4 rings (SSSR count). The number of hydrogen-bond acceptors (Lipinski definition) is 11. The molecule has 6 N–H and O–H groups in total. The molecular formula is C25H29N7O4. The molecule has 0 unspecified atom stereocenters. The molecule has 3 heterocycles. The molecular weight excluding hydrogens is 462 g/mol. The number of aliphatic hydroxyl groups excluding tert-OH is 1. The second-order valence-corrected chi connectivity index (χ2v) is 8.13. The van der Waals surface area contributed by atoms with Gasteiger partial charge in [-0.05, 0) is 51.1 Å². The first kappa shape index (κ1) is 24.9. The maximum absolute atomic E-state index is 10.5. The van der Waals surface area contributed by atoms with Crippen LogP contribution in [0.5, 0.6) is 11.5 Å². The van der Waals surface area contributed by atoms with Crippen molar-refractivity contribution in [1.29, 1.82) is 0 Å². The summed E-state index contributed by atoms with van der Waals surface area (Å²) in [5.41, 5.74) is 3.44. The molecule has 0 bridgehead atoms.